The second-order valence-electron chi connectivity index (χ2n) is 3.57. The van der Waals surface area contributed by atoms with Crippen LogP contribution in [0.4, 0.5) is 13.2 Å². The Kier molecular flexibility index (Phi) is 4.23. The summed E-state index contributed by atoms with van der Waals surface area (Å²) >= 11 is 0. The van der Waals surface area contributed by atoms with Crippen LogP contribution in [0.5, 0.6) is 0 Å². The van der Waals surface area contributed by atoms with Crippen molar-refractivity contribution in [1.82, 2.24) is 15.5 Å². The van der Waals surface area contributed by atoms with Crippen molar-refractivity contribution in [2.45, 2.75) is 32.5 Å². The molecular weight excluding hydrogens is 219 g/mol. The predicted molar refractivity (Wildman–Crippen MR) is 53.9 cm³/mol. The third-order valence-electron chi connectivity index (χ3n) is 2.08. The number of aromatic nitrogens is 2. The van der Waals surface area contributed by atoms with Crippen LogP contribution in [0.1, 0.15) is 25.2 Å². The summed E-state index contributed by atoms with van der Waals surface area (Å²) in [6.07, 6.45) is -3.85. The average Bonchev–Trinajstić information content (AvgIpc) is 2.17. The first-order valence-electron chi connectivity index (χ1n) is 5.06. The highest BCUT2D eigenvalue weighted by Crippen LogP contribution is 2.26. The second-order valence-corrected chi connectivity index (χ2v) is 3.57. The Morgan fingerprint density at radius 2 is 2.00 bits per heavy atom. The molecule has 1 aromatic rings. The molecule has 1 unspecified atom stereocenters. The van der Waals surface area contributed by atoms with Crippen molar-refractivity contribution in [3.63, 3.8) is 0 Å². The van der Waals surface area contributed by atoms with Gasteiger partial charge in [0.15, 0.2) is 5.69 Å². The number of rotatable bonds is 4. The van der Waals surface area contributed by atoms with E-state index in [-0.39, 0.29) is 6.04 Å². The number of hydrogen-bond donors (Lipinski definition) is 1. The highest BCUT2D eigenvalue weighted by molar-refractivity contribution is 5.10. The first kappa shape index (κ1) is 12.9. The van der Waals surface area contributed by atoms with E-state index in [4.69, 9.17) is 0 Å². The standard InChI is InChI=1S/C10H14F3N3/c1-3-14-7(2)6-8-4-5-9(16-15-8)10(11,12)13/h4-5,7,14H,3,6H2,1-2H3. The van der Waals surface area contributed by atoms with Gasteiger partial charge < -0.3 is 5.32 Å². The fraction of sp³-hybridized carbons (Fsp3) is 0.600. The maximum Gasteiger partial charge on any atom is 0.435 e. The molecule has 0 radical (unpaired) electrons. The minimum Gasteiger partial charge on any atom is -0.314 e. The van der Waals surface area contributed by atoms with Gasteiger partial charge in [-0.1, -0.05) is 6.92 Å². The minimum atomic E-state index is -4.42. The van der Waals surface area contributed by atoms with Gasteiger partial charge in [0.1, 0.15) is 0 Å². The number of alkyl halides is 3. The maximum atomic E-state index is 12.2. The zero-order valence-corrected chi connectivity index (χ0v) is 9.17. The van der Waals surface area contributed by atoms with Crippen molar-refractivity contribution >= 4 is 0 Å². The molecule has 0 saturated heterocycles. The molecule has 0 aliphatic carbocycles. The van der Waals surface area contributed by atoms with Crippen molar-refractivity contribution in [1.29, 1.82) is 0 Å². The van der Waals surface area contributed by atoms with Crippen LogP contribution in [0.25, 0.3) is 0 Å². The number of nitrogens with zero attached hydrogens (tertiary/aromatic N) is 2. The molecule has 1 atom stereocenters. The van der Waals surface area contributed by atoms with Crippen molar-refractivity contribution in [2.24, 2.45) is 0 Å². The van der Waals surface area contributed by atoms with Crippen LogP contribution in [0.15, 0.2) is 12.1 Å². The lowest BCUT2D eigenvalue weighted by Gasteiger charge is -2.11. The molecule has 1 rings (SSSR count). The lowest BCUT2D eigenvalue weighted by molar-refractivity contribution is -0.141. The number of hydrogen-bond acceptors (Lipinski definition) is 3. The Morgan fingerprint density at radius 1 is 1.31 bits per heavy atom. The highest BCUT2D eigenvalue weighted by Gasteiger charge is 2.32. The van der Waals surface area contributed by atoms with Gasteiger partial charge in [0.25, 0.3) is 0 Å². The van der Waals surface area contributed by atoms with E-state index in [1.807, 2.05) is 13.8 Å². The largest absolute Gasteiger partial charge is 0.435 e. The maximum absolute atomic E-state index is 12.2. The predicted octanol–water partition coefficient (Wildman–Crippen LogP) is 2.04. The summed E-state index contributed by atoms with van der Waals surface area (Å²) in [6, 6.07) is 2.50. The number of likely N-dealkylation sites (N-methyl/N-ethyl adjacent to an activating group) is 1. The Morgan fingerprint density at radius 3 is 2.44 bits per heavy atom. The van der Waals surface area contributed by atoms with Crippen molar-refractivity contribution in [3.8, 4) is 0 Å². The van der Waals surface area contributed by atoms with E-state index in [2.05, 4.69) is 15.5 Å². The zero-order chi connectivity index (χ0) is 12.2. The molecule has 1 N–H and O–H groups in total. The first-order chi connectivity index (χ1) is 7.43. The average molecular weight is 233 g/mol. The second kappa shape index (κ2) is 5.25. The summed E-state index contributed by atoms with van der Waals surface area (Å²) in [6.45, 7) is 4.73. The van der Waals surface area contributed by atoms with E-state index in [0.29, 0.717) is 12.1 Å². The van der Waals surface area contributed by atoms with Crippen LogP contribution in [0.2, 0.25) is 0 Å². The van der Waals surface area contributed by atoms with E-state index in [0.717, 1.165) is 12.6 Å². The topological polar surface area (TPSA) is 37.8 Å². The van der Waals surface area contributed by atoms with Crippen molar-refractivity contribution in [3.05, 3.63) is 23.5 Å². The Bertz CT molecular complexity index is 321. The molecule has 0 bridgehead atoms. The smallest absolute Gasteiger partial charge is 0.314 e. The SMILES string of the molecule is CCNC(C)Cc1ccc(C(F)(F)F)nn1. The molecule has 0 aliphatic heterocycles. The van der Waals surface area contributed by atoms with Crippen molar-refractivity contribution in [2.75, 3.05) is 6.54 Å². The van der Waals surface area contributed by atoms with Gasteiger partial charge in [-0.2, -0.15) is 18.3 Å². The fourth-order valence-corrected chi connectivity index (χ4v) is 1.35. The van der Waals surface area contributed by atoms with Crippen LogP contribution in [-0.4, -0.2) is 22.8 Å². The number of nitrogens with one attached hydrogen (secondary N) is 1. The molecule has 1 heterocycles. The van der Waals surface area contributed by atoms with Gasteiger partial charge in [-0.15, -0.1) is 5.10 Å². The molecular formula is C10H14F3N3. The summed E-state index contributed by atoms with van der Waals surface area (Å²) in [5.74, 6) is 0. The van der Waals surface area contributed by atoms with E-state index < -0.39 is 11.9 Å². The van der Waals surface area contributed by atoms with E-state index in [1.165, 1.54) is 6.07 Å². The van der Waals surface area contributed by atoms with Gasteiger partial charge in [-0.05, 0) is 25.6 Å². The summed E-state index contributed by atoms with van der Waals surface area (Å²) < 4.78 is 36.6. The Hall–Kier alpha value is -1.17. The summed E-state index contributed by atoms with van der Waals surface area (Å²) in [5, 5.41) is 9.87. The first-order valence-corrected chi connectivity index (χ1v) is 5.06. The van der Waals surface area contributed by atoms with Gasteiger partial charge in [0, 0.05) is 12.5 Å². The zero-order valence-electron chi connectivity index (χ0n) is 9.17. The fourth-order valence-electron chi connectivity index (χ4n) is 1.35. The minimum absolute atomic E-state index is 0.177. The Labute approximate surface area is 92.1 Å². The molecule has 0 saturated carbocycles. The van der Waals surface area contributed by atoms with Crippen LogP contribution >= 0.6 is 0 Å². The molecule has 0 aromatic carbocycles. The van der Waals surface area contributed by atoms with E-state index >= 15 is 0 Å². The van der Waals surface area contributed by atoms with E-state index in [9.17, 15) is 13.2 Å². The lowest BCUT2D eigenvalue weighted by Crippen LogP contribution is -2.28. The lowest BCUT2D eigenvalue weighted by atomic mass is 10.1. The van der Waals surface area contributed by atoms with Gasteiger partial charge in [0.05, 0.1) is 5.69 Å². The van der Waals surface area contributed by atoms with Gasteiger partial charge in [-0.3, -0.25) is 0 Å². The van der Waals surface area contributed by atoms with Crippen LogP contribution < -0.4 is 5.32 Å². The third-order valence-corrected chi connectivity index (χ3v) is 2.08. The molecule has 0 aliphatic rings. The molecule has 3 nitrogen and oxygen atoms in total. The number of halogens is 3. The normalized spacial score (nSPS) is 13.8. The summed E-state index contributed by atoms with van der Waals surface area (Å²) in [7, 11) is 0. The summed E-state index contributed by atoms with van der Waals surface area (Å²) in [5.41, 5.74) is -0.395. The molecule has 0 spiro atoms. The molecule has 16 heavy (non-hydrogen) atoms. The molecule has 0 amide bonds. The molecule has 0 fully saturated rings. The monoisotopic (exact) mass is 233 g/mol. The van der Waals surface area contributed by atoms with Crippen LogP contribution in [0, 0.1) is 0 Å². The van der Waals surface area contributed by atoms with E-state index in [1.54, 1.807) is 0 Å². The quantitative estimate of drug-likeness (QED) is 0.864. The summed E-state index contributed by atoms with van der Waals surface area (Å²) in [4.78, 5) is 0. The van der Waals surface area contributed by atoms with Gasteiger partial charge >= 0.3 is 6.18 Å². The van der Waals surface area contributed by atoms with Crippen molar-refractivity contribution < 1.29 is 13.2 Å². The van der Waals surface area contributed by atoms with Crippen LogP contribution in [-0.2, 0) is 12.6 Å². The Balaban J connectivity index is 2.65. The molecule has 90 valence electrons. The highest BCUT2D eigenvalue weighted by atomic mass is 19.4. The van der Waals surface area contributed by atoms with Gasteiger partial charge in [0.2, 0.25) is 0 Å². The molecule has 6 heteroatoms. The van der Waals surface area contributed by atoms with Gasteiger partial charge in [-0.25, -0.2) is 0 Å². The molecule has 1 aromatic heterocycles. The third kappa shape index (κ3) is 3.77. The van der Waals surface area contributed by atoms with Crippen LogP contribution in [0.3, 0.4) is 0 Å².